The molecule has 0 atom stereocenters. The lowest BCUT2D eigenvalue weighted by molar-refractivity contribution is 0.0277. The molecule has 1 aliphatic carbocycles. The average molecular weight is 383 g/mol. The third kappa shape index (κ3) is 4.59. The fourth-order valence-corrected chi connectivity index (χ4v) is 4.61. The van der Waals surface area contributed by atoms with Crippen LogP contribution >= 0.6 is 7.60 Å². The fourth-order valence-electron chi connectivity index (χ4n) is 2.73. The van der Waals surface area contributed by atoms with Crippen molar-refractivity contribution in [3.63, 3.8) is 0 Å². The largest absolute Gasteiger partial charge is 0.368 e. The molecule has 0 spiro atoms. The molecule has 0 saturated heterocycles. The number of nitrogens with two attached hydrogens (primary N) is 1. The summed E-state index contributed by atoms with van der Waals surface area (Å²) in [4.78, 5) is 12.5. The number of rotatable bonds is 9. The van der Waals surface area contributed by atoms with Gasteiger partial charge in [-0.2, -0.15) is 4.98 Å². The van der Waals surface area contributed by atoms with E-state index in [0.717, 1.165) is 12.8 Å². The minimum Gasteiger partial charge on any atom is -0.368 e. The van der Waals surface area contributed by atoms with Crippen LogP contribution in [0.2, 0.25) is 0 Å². The molecule has 0 bridgehead atoms. The maximum atomic E-state index is 12.9. The van der Waals surface area contributed by atoms with Gasteiger partial charge in [0.25, 0.3) is 0 Å². The van der Waals surface area contributed by atoms with Gasteiger partial charge in [-0.3, -0.25) is 4.57 Å². The Hall–Kier alpha value is -1.54. The highest BCUT2D eigenvalue weighted by Crippen LogP contribution is 2.53. The summed E-state index contributed by atoms with van der Waals surface area (Å²) in [6.07, 6.45) is 4.50. The molecule has 2 heterocycles. The first kappa shape index (κ1) is 19.2. The van der Waals surface area contributed by atoms with Crippen molar-refractivity contribution in [1.82, 2.24) is 19.5 Å². The highest BCUT2D eigenvalue weighted by atomic mass is 31.2. The zero-order valence-corrected chi connectivity index (χ0v) is 16.5. The van der Waals surface area contributed by atoms with Crippen molar-refractivity contribution >= 4 is 24.7 Å². The molecule has 2 N–H and O–H groups in total. The Morgan fingerprint density at radius 2 is 1.88 bits per heavy atom. The molecule has 10 heteroatoms. The van der Waals surface area contributed by atoms with Gasteiger partial charge in [-0.05, 0) is 40.5 Å². The van der Waals surface area contributed by atoms with Crippen molar-refractivity contribution in [2.24, 2.45) is 0 Å². The lowest BCUT2D eigenvalue weighted by atomic mass is 10.3. The van der Waals surface area contributed by atoms with E-state index in [-0.39, 0.29) is 24.5 Å². The SMILES string of the molecule is CC(C)OP(=O)(COC1(Cn2cnc3cnc(N)nc32)CC1)OC(C)C. The van der Waals surface area contributed by atoms with Gasteiger partial charge in [0.2, 0.25) is 5.95 Å². The number of hydrogen-bond donors (Lipinski definition) is 1. The number of fused-ring (bicyclic) bond motifs is 1. The van der Waals surface area contributed by atoms with Crippen LogP contribution in [0.1, 0.15) is 40.5 Å². The van der Waals surface area contributed by atoms with Gasteiger partial charge in [0.05, 0.1) is 36.9 Å². The predicted octanol–water partition coefficient (Wildman–Crippen LogP) is 2.96. The molecular weight excluding hydrogens is 357 g/mol. The molecule has 1 aliphatic rings. The molecular formula is C16H26N5O4P. The van der Waals surface area contributed by atoms with Crippen molar-refractivity contribution in [3.05, 3.63) is 12.5 Å². The number of imidazole rings is 1. The number of ether oxygens (including phenoxy) is 1. The molecule has 0 aromatic carbocycles. The van der Waals surface area contributed by atoms with Crippen molar-refractivity contribution < 1.29 is 18.3 Å². The van der Waals surface area contributed by atoms with Crippen molar-refractivity contribution in [3.8, 4) is 0 Å². The topological polar surface area (TPSA) is 114 Å². The predicted molar refractivity (Wildman–Crippen MR) is 97.7 cm³/mol. The van der Waals surface area contributed by atoms with Crippen LogP contribution in [0.4, 0.5) is 5.95 Å². The quantitative estimate of drug-likeness (QED) is 0.657. The maximum absolute atomic E-state index is 12.9. The molecule has 3 rings (SSSR count). The first-order chi connectivity index (χ1) is 12.2. The van der Waals surface area contributed by atoms with Crippen LogP contribution in [0.5, 0.6) is 0 Å². The minimum absolute atomic E-state index is 0.0763. The third-order valence-electron chi connectivity index (χ3n) is 3.91. The van der Waals surface area contributed by atoms with Crippen LogP contribution in [0.15, 0.2) is 12.5 Å². The second kappa shape index (κ2) is 7.23. The summed E-state index contributed by atoms with van der Waals surface area (Å²) in [7, 11) is -3.33. The van der Waals surface area contributed by atoms with Crippen molar-refractivity contribution in [1.29, 1.82) is 0 Å². The van der Waals surface area contributed by atoms with Gasteiger partial charge in [0, 0.05) is 0 Å². The van der Waals surface area contributed by atoms with E-state index in [1.807, 2.05) is 32.3 Å². The second-order valence-electron chi connectivity index (χ2n) is 7.19. The number of nitrogens with zero attached hydrogens (tertiary/aromatic N) is 4. The highest BCUT2D eigenvalue weighted by molar-refractivity contribution is 7.53. The maximum Gasteiger partial charge on any atom is 0.356 e. The molecule has 0 amide bonds. The Kier molecular flexibility index (Phi) is 5.35. The van der Waals surface area contributed by atoms with Crippen LogP contribution in [0, 0.1) is 0 Å². The van der Waals surface area contributed by atoms with Crippen LogP contribution in [0.25, 0.3) is 11.2 Å². The summed E-state index contributed by atoms with van der Waals surface area (Å²) in [5.41, 5.74) is 6.59. The van der Waals surface area contributed by atoms with Gasteiger partial charge in [-0.15, -0.1) is 0 Å². The molecule has 2 aromatic rings. The number of hydrogen-bond acceptors (Lipinski definition) is 8. The molecule has 26 heavy (non-hydrogen) atoms. The molecule has 144 valence electrons. The normalized spacial score (nSPS) is 16.7. The lowest BCUT2D eigenvalue weighted by Crippen LogP contribution is -2.24. The molecule has 0 radical (unpaired) electrons. The van der Waals surface area contributed by atoms with Gasteiger partial charge in [0.1, 0.15) is 11.9 Å². The second-order valence-corrected chi connectivity index (χ2v) is 9.09. The van der Waals surface area contributed by atoms with Crippen LogP contribution in [0.3, 0.4) is 0 Å². The van der Waals surface area contributed by atoms with Crippen LogP contribution in [-0.2, 0) is 24.9 Å². The Labute approximate surface area is 152 Å². The number of anilines is 1. The standard InChI is InChI=1S/C16H26N5O4P/c1-11(2)24-26(22,25-12(3)4)10-23-16(5-6-16)8-21-9-19-13-7-18-15(17)20-14(13)21/h7,9,11-12H,5-6,8,10H2,1-4H3,(H2,17,18,20). The van der Waals surface area contributed by atoms with E-state index >= 15 is 0 Å². The molecule has 9 nitrogen and oxygen atoms in total. The van der Waals surface area contributed by atoms with Gasteiger partial charge >= 0.3 is 7.60 Å². The van der Waals surface area contributed by atoms with Crippen LogP contribution < -0.4 is 5.73 Å². The molecule has 2 aromatic heterocycles. The van der Waals surface area contributed by atoms with Crippen molar-refractivity contribution in [2.45, 2.75) is 64.9 Å². The summed E-state index contributed by atoms with van der Waals surface area (Å²) in [5.74, 6) is 0.199. The number of aromatic nitrogens is 4. The fraction of sp³-hybridized carbons (Fsp3) is 0.688. The highest BCUT2D eigenvalue weighted by Gasteiger charge is 2.47. The summed E-state index contributed by atoms with van der Waals surface area (Å²) in [5, 5.41) is 0. The summed E-state index contributed by atoms with van der Waals surface area (Å²) in [6.45, 7) is 7.84. The first-order valence-corrected chi connectivity index (χ1v) is 10.5. The summed E-state index contributed by atoms with van der Waals surface area (Å²) < 4.78 is 31.9. The Morgan fingerprint density at radius 3 is 2.46 bits per heavy atom. The van der Waals surface area contributed by atoms with E-state index in [2.05, 4.69) is 15.0 Å². The number of nitrogen functional groups attached to an aromatic ring is 1. The van der Waals surface area contributed by atoms with Gasteiger partial charge in [-0.25, -0.2) is 9.97 Å². The minimum atomic E-state index is -3.33. The molecule has 1 fully saturated rings. The van der Waals surface area contributed by atoms with Crippen molar-refractivity contribution in [2.75, 3.05) is 12.1 Å². The summed E-state index contributed by atoms with van der Waals surface area (Å²) in [6, 6.07) is 0. The van der Waals surface area contributed by atoms with E-state index in [1.54, 1.807) is 12.5 Å². The van der Waals surface area contributed by atoms with E-state index in [1.165, 1.54) is 0 Å². The van der Waals surface area contributed by atoms with Gasteiger partial charge in [0.15, 0.2) is 5.65 Å². The van der Waals surface area contributed by atoms with Gasteiger partial charge in [-0.1, -0.05) is 0 Å². The summed E-state index contributed by atoms with van der Waals surface area (Å²) >= 11 is 0. The Morgan fingerprint density at radius 1 is 1.23 bits per heavy atom. The lowest BCUT2D eigenvalue weighted by Gasteiger charge is -2.25. The van der Waals surface area contributed by atoms with Gasteiger partial charge < -0.3 is 24.1 Å². The Bertz CT molecular complexity index is 804. The zero-order chi connectivity index (χ0) is 18.9. The van der Waals surface area contributed by atoms with E-state index in [0.29, 0.717) is 17.7 Å². The Balaban J connectivity index is 1.70. The third-order valence-corrected chi connectivity index (χ3v) is 5.85. The molecule has 0 aliphatic heterocycles. The first-order valence-electron chi connectivity index (χ1n) is 8.73. The van der Waals surface area contributed by atoms with Crippen LogP contribution in [-0.4, -0.2) is 43.7 Å². The average Bonchev–Trinajstić information content (AvgIpc) is 3.19. The van der Waals surface area contributed by atoms with E-state index in [4.69, 9.17) is 19.5 Å². The smallest absolute Gasteiger partial charge is 0.356 e. The van der Waals surface area contributed by atoms with E-state index < -0.39 is 13.2 Å². The molecule has 0 unspecified atom stereocenters. The zero-order valence-electron chi connectivity index (χ0n) is 15.6. The van der Waals surface area contributed by atoms with E-state index in [9.17, 15) is 4.57 Å². The molecule has 1 saturated carbocycles. The monoisotopic (exact) mass is 383 g/mol.